The fourth-order valence-electron chi connectivity index (χ4n) is 3.51. The highest BCUT2D eigenvalue weighted by molar-refractivity contribution is 6.30. The van der Waals surface area contributed by atoms with Crippen LogP contribution in [0.25, 0.3) is 0 Å². The van der Waals surface area contributed by atoms with Gasteiger partial charge in [0, 0.05) is 5.02 Å². The second kappa shape index (κ2) is 7.32. The van der Waals surface area contributed by atoms with Gasteiger partial charge in [0.25, 0.3) is 5.91 Å². The van der Waals surface area contributed by atoms with Crippen molar-refractivity contribution >= 4 is 23.5 Å². The SMILES string of the molecule is C[C@H](OC[C@@H](O)CN1C(=O)NC2(CCCC2)C1=O)c1ccc(Cl)cc1. The van der Waals surface area contributed by atoms with E-state index < -0.39 is 17.7 Å². The van der Waals surface area contributed by atoms with E-state index in [9.17, 15) is 14.7 Å². The summed E-state index contributed by atoms with van der Waals surface area (Å²) in [6.45, 7) is 1.85. The summed E-state index contributed by atoms with van der Waals surface area (Å²) < 4.78 is 5.66. The van der Waals surface area contributed by atoms with Gasteiger partial charge in [0.1, 0.15) is 5.54 Å². The van der Waals surface area contributed by atoms with E-state index >= 15 is 0 Å². The van der Waals surface area contributed by atoms with Gasteiger partial charge in [0.05, 0.1) is 25.4 Å². The first-order chi connectivity index (χ1) is 11.9. The number of halogens is 1. The number of hydrogen-bond donors (Lipinski definition) is 2. The van der Waals surface area contributed by atoms with Crippen molar-refractivity contribution in [3.63, 3.8) is 0 Å². The van der Waals surface area contributed by atoms with Crippen LogP contribution >= 0.6 is 11.6 Å². The summed E-state index contributed by atoms with van der Waals surface area (Å²) in [7, 11) is 0. The van der Waals surface area contributed by atoms with Crippen LogP contribution in [0.2, 0.25) is 5.02 Å². The van der Waals surface area contributed by atoms with E-state index in [1.165, 1.54) is 0 Å². The molecule has 1 saturated carbocycles. The van der Waals surface area contributed by atoms with Crippen molar-refractivity contribution in [2.45, 2.75) is 50.4 Å². The van der Waals surface area contributed by atoms with E-state index in [0.29, 0.717) is 17.9 Å². The zero-order chi connectivity index (χ0) is 18.0. The van der Waals surface area contributed by atoms with Gasteiger partial charge in [-0.05, 0) is 37.5 Å². The zero-order valence-corrected chi connectivity index (χ0v) is 15.0. The van der Waals surface area contributed by atoms with E-state index in [0.717, 1.165) is 23.3 Å². The number of imide groups is 1. The number of nitrogens with zero attached hydrogens (tertiary/aromatic N) is 1. The molecule has 1 aromatic rings. The van der Waals surface area contributed by atoms with E-state index in [2.05, 4.69) is 5.32 Å². The van der Waals surface area contributed by atoms with E-state index in [-0.39, 0.29) is 25.2 Å². The molecule has 1 spiro atoms. The minimum atomic E-state index is -0.930. The molecule has 1 saturated heterocycles. The molecule has 0 unspecified atom stereocenters. The van der Waals surface area contributed by atoms with Crippen molar-refractivity contribution in [3.05, 3.63) is 34.9 Å². The van der Waals surface area contributed by atoms with Gasteiger partial charge in [0.2, 0.25) is 0 Å². The average Bonchev–Trinajstić information content (AvgIpc) is 3.14. The minimum Gasteiger partial charge on any atom is -0.389 e. The molecule has 0 bridgehead atoms. The second-order valence-electron chi connectivity index (χ2n) is 6.82. The molecule has 1 heterocycles. The van der Waals surface area contributed by atoms with Gasteiger partial charge >= 0.3 is 6.03 Å². The topological polar surface area (TPSA) is 78.9 Å². The maximum Gasteiger partial charge on any atom is 0.325 e. The summed E-state index contributed by atoms with van der Waals surface area (Å²) in [5.74, 6) is -0.222. The van der Waals surface area contributed by atoms with Crippen LogP contribution in [-0.4, -0.2) is 46.7 Å². The van der Waals surface area contributed by atoms with Crippen LogP contribution < -0.4 is 5.32 Å². The van der Waals surface area contributed by atoms with Crippen LogP contribution in [0.3, 0.4) is 0 Å². The number of nitrogens with one attached hydrogen (secondary N) is 1. The van der Waals surface area contributed by atoms with Gasteiger partial charge in [-0.15, -0.1) is 0 Å². The summed E-state index contributed by atoms with van der Waals surface area (Å²) in [5.41, 5.74) is 0.199. The highest BCUT2D eigenvalue weighted by Gasteiger charge is 2.52. The van der Waals surface area contributed by atoms with E-state index in [4.69, 9.17) is 16.3 Å². The molecule has 0 aromatic heterocycles. The zero-order valence-electron chi connectivity index (χ0n) is 14.2. The lowest BCUT2D eigenvalue weighted by Gasteiger charge is -2.22. The lowest BCUT2D eigenvalue weighted by molar-refractivity contribution is -0.132. The molecular weight excluding hydrogens is 344 g/mol. The van der Waals surface area contributed by atoms with Gasteiger partial charge in [-0.25, -0.2) is 4.79 Å². The van der Waals surface area contributed by atoms with Gasteiger partial charge in [-0.2, -0.15) is 0 Å². The van der Waals surface area contributed by atoms with Crippen LogP contribution in [0.4, 0.5) is 4.79 Å². The van der Waals surface area contributed by atoms with E-state index in [1.807, 2.05) is 19.1 Å². The Kier molecular flexibility index (Phi) is 5.32. The molecule has 7 heteroatoms. The third-order valence-electron chi connectivity index (χ3n) is 4.97. The minimum absolute atomic E-state index is 0.0356. The Balaban J connectivity index is 1.52. The van der Waals surface area contributed by atoms with E-state index in [1.54, 1.807) is 12.1 Å². The Bertz CT molecular complexity index is 643. The first-order valence-corrected chi connectivity index (χ1v) is 8.98. The van der Waals surface area contributed by atoms with Crippen molar-refractivity contribution in [2.75, 3.05) is 13.2 Å². The number of β-amino-alcohol motifs (C(OH)–C–C–N with tert-alkyl or cyclic N) is 1. The monoisotopic (exact) mass is 366 g/mol. The van der Waals surface area contributed by atoms with Crippen molar-refractivity contribution < 1.29 is 19.4 Å². The number of rotatable bonds is 6. The first kappa shape index (κ1) is 18.2. The third kappa shape index (κ3) is 3.81. The fourth-order valence-corrected chi connectivity index (χ4v) is 3.63. The molecular formula is C18H23ClN2O4. The van der Waals surface area contributed by atoms with Crippen LogP contribution in [0.5, 0.6) is 0 Å². The normalized spacial score (nSPS) is 21.6. The number of carbonyl (C=O) groups is 2. The average molecular weight is 367 g/mol. The molecule has 0 radical (unpaired) electrons. The molecule has 1 aliphatic heterocycles. The maximum absolute atomic E-state index is 12.5. The molecule has 6 nitrogen and oxygen atoms in total. The number of benzene rings is 1. The number of aliphatic hydroxyl groups is 1. The molecule has 3 rings (SSSR count). The molecule has 2 aliphatic rings. The Morgan fingerprint density at radius 1 is 1.28 bits per heavy atom. The maximum atomic E-state index is 12.5. The summed E-state index contributed by atoms with van der Waals surface area (Å²) in [4.78, 5) is 25.8. The summed E-state index contributed by atoms with van der Waals surface area (Å²) in [6, 6.07) is 6.86. The Morgan fingerprint density at radius 2 is 1.92 bits per heavy atom. The van der Waals surface area contributed by atoms with Crippen molar-refractivity contribution in [1.82, 2.24) is 10.2 Å². The van der Waals surface area contributed by atoms with Gasteiger partial charge in [0.15, 0.2) is 0 Å². The van der Waals surface area contributed by atoms with Crippen molar-refractivity contribution in [2.24, 2.45) is 0 Å². The number of hydrogen-bond acceptors (Lipinski definition) is 4. The number of aliphatic hydroxyl groups excluding tert-OH is 1. The van der Waals surface area contributed by atoms with Crippen LogP contribution in [0.1, 0.15) is 44.3 Å². The fraction of sp³-hybridized carbons (Fsp3) is 0.556. The number of carbonyl (C=O) groups excluding carboxylic acids is 2. The smallest absolute Gasteiger partial charge is 0.325 e. The highest BCUT2D eigenvalue weighted by atomic mass is 35.5. The lowest BCUT2D eigenvalue weighted by Crippen LogP contribution is -2.45. The predicted molar refractivity (Wildman–Crippen MR) is 93.3 cm³/mol. The third-order valence-corrected chi connectivity index (χ3v) is 5.23. The number of amides is 3. The van der Waals surface area contributed by atoms with Crippen LogP contribution in [-0.2, 0) is 9.53 Å². The van der Waals surface area contributed by atoms with Crippen LogP contribution in [0, 0.1) is 0 Å². The molecule has 1 aliphatic carbocycles. The standard InChI is InChI=1S/C18H23ClN2O4/c1-12(13-4-6-14(19)7-5-13)25-11-15(22)10-21-16(23)18(20-17(21)24)8-2-3-9-18/h4-7,12,15,22H,2-3,8-11H2,1H3,(H,20,24)/t12-,15-/m0/s1. The highest BCUT2D eigenvalue weighted by Crippen LogP contribution is 2.35. The lowest BCUT2D eigenvalue weighted by atomic mass is 9.98. The number of ether oxygens (including phenoxy) is 1. The molecule has 2 N–H and O–H groups in total. The quantitative estimate of drug-likeness (QED) is 0.758. The second-order valence-corrected chi connectivity index (χ2v) is 7.25. The Labute approximate surface area is 152 Å². The molecule has 2 fully saturated rings. The summed E-state index contributed by atoms with van der Waals surface area (Å²) in [5, 5.41) is 13.6. The molecule has 2 atom stereocenters. The number of urea groups is 1. The van der Waals surface area contributed by atoms with Crippen molar-refractivity contribution in [1.29, 1.82) is 0 Å². The first-order valence-electron chi connectivity index (χ1n) is 8.60. The van der Waals surface area contributed by atoms with Gasteiger partial charge in [-0.1, -0.05) is 36.6 Å². The molecule has 3 amide bonds. The predicted octanol–water partition coefficient (Wildman–Crippen LogP) is 2.64. The summed E-state index contributed by atoms with van der Waals surface area (Å²) >= 11 is 5.86. The van der Waals surface area contributed by atoms with Gasteiger partial charge < -0.3 is 15.2 Å². The summed E-state index contributed by atoms with van der Waals surface area (Å²) in [6.07, 6.45) is 2.06. The Hall–Kier alpha value is -1.63. The van der Waals surface area contributed by atoms with Gasteiger partial charge in [-0.3, -0.25) is 9.69 Å². The van der Waals surface area contributed by atoms with Crippen molar-refractivity contribution in [3.8, 4) is 0 Å². The molecule has 136 valence electrons. The largest absolute Gasteiger partial charge is 0.389 e. The molecule has 25 heavy (non-hydrogen) atoms. The molecule has 1 aromatic carbocycles. The van der Waals surface area contributed by atoms with Crippen LogP contribution in [0.15, 0.2) is 24.3 Å². The Morgan fingerprint density at radius 3 is 2.56 bits per heavy atom.